The van der Waals surface area contributed by atoms with Crippen LogP contribution >= 0.6 is 11.6 Å². The Kier molecular flexibility index (Phi) is 4.72. The van der Waals surface area contributed by atoms with Gasteiger partial charge in [-0.1, -0.05) is 29.8 Å². The second-order valence-corrected chi connectivity index (χ2v) is 5.06. The quantitative estimate of drug-likeness (QED) is 0.670. The second-order valence-electron chi connectivity index (χ2n) is 4.65. The predicted molar refractivity (Wildman–Crippen MR) is 78.6 cm³/mol. The van der Waals surface area contributed by atoms with Crippen molar-refractivity contribution in [1.82, 2.24) is 0 Å². The Morgan fingerprint density at radius 3 is 2.41 bits per heavy atom. The number of nitro groups is 1. The van der Waals surface area contributed by atoms with E-state index in [0.29, 0.717) is 5.56 Å². The molecular weight excluding hydrogens is 313 g/mol. The number of nitrogens with zero attached hydrogens (tertiary/aromatic N) is 1. The average Bonchev–Trinajstić information content (AvgIpc) is 2.46. The smallest absolute Gasteiger partial charge is 0.311 e. The third-order valence-corrected chi connectivity index (χ3v) is 3.56. The summed E-state index contributed by atoms with van der Waals surface area (Å²) in [4.78, 5) is 21.5. The molecule has 1 N–H and O–H groups in total. The van der Waals surface area contributed by atoms with Crippen molar-refractivity contribution in [3.63, 3.8) is 0 Å². The van der Waals surface area contributed by atoms with Crippen LogP contribution in [0.3, 0.4) is 0 Å². The molecule has 114 valence electrons. The van der Waals surface area contributed by atoms with E-state index in [4.69, 9.17) is 11.6 Å². The summed E-state index contributed by atoms with van der Waals surface area (Å²) in [6.45, 7) is 0. The van der Waals surface area contributed by atoms with E-state index in [9.17, 15) is 24.4 Å². The number of benzene rings is 2. The lowest BCUT2D eigenvalue weighted by Crippen LogP contribution is -2.16. The number of nitro benzene ring substituents is 1. The molecule has 0 saturated carbocycles. The highest BCUT2D eigenvalue weighted by atomic mass is 35.5. The van der Waals surface area contributed by atoms with Gasteiger partial charge in [0.05, 0.1) is 10.8 Å². The monoisotopic (exact) mass is 323 g/mol. The van der Waals surface area contributed by atoms with Crippen LogP contribution in [0.25, 0.3) is 0 Å². The molecule has 0 aromatic heterocycles. The van der Waals surface area contributed by atoms with Crippen molar-refractivity contribution >= 4 is 23.3 Å². The normalized spacial score (nSPS) is 11.9. The maximum absolute atomic E-state index is 13.9. The fraction of sp³-hybridized carbons (Fsp3) is 0.133. The zero-order valence-corrected chi connectivity index (χ0v) is 12.0. The molecule has 0 bridgehead atoms. The van der Waals surface area contributed by atoms with Crippen molar-refractivity contribution in [2.75, 3.05) is 0 Å². The van der Waals surface area contributed by atoms with Crippen molar-refractivity contribution in [3.8, 4) is 0 Å². The maximum Gasteiger partial charge on any atom is 0.311 e. The number of halogens is 2. The summed E-state index contributed by atoms with van der Waals surface area (Å²) < 4.78 is 13.9. The van der Waals surface area contributed by atoms with Crippen molar-refractivity contribution in [3.05, 3.63) is 74.5 Å². The Labute approximate surface area is 130 Å². The van der Waals surface area contributed by atoms with Crippen LogP contribution < -0.4 is 0 Å². The molecular formula is C15H11ClFNO4. The SMILES string of the molecule is O=C(O)C(Cc1ccc([N+](=O)[O-])cc1)c1c(F)cccc1Cl. The maximum atomic E-state index is 13.9. The molecule has 7 heteroatoms. The van der Waals surface area contributed by atoms with Gasteiger partial charge in [-0.2, -0.15) is 0 Å². The third kappa shape index (κ3) is 3.40. The number of aliphatic carboxylic acids is 1. The van der Waals surface area contributed by atoms with Gasteiger partial charge in [0, 0.05) is 22.7 Å². The molecule has 0 aliphatic rings. The fourth-order valence-corrected chi connectivity index (χ4v) is 2.44. The van der Waals surface area contributed by atoms with Crippen molar-refractivity contribution < 1.29 is 19.2 Å². The van der Waals surface area contributed by atoms with Crippen LogP contribution in [0.5, 0.6) is 0 Å². The summed E-state index contributed by atoms with van der Waals surface area (Å²) in [6.07, 6.45) is -0.0199. The van der Waals surface area contributed by atoms with Crippen molar-refractivity contribution in [1.29, 1.82) is 0 Å². The van der Waals surface area contributed by atoms with Crippen LogP contribution in [0.2, 0.25) is 5.02 Å². The number of carboxylic acids is 1. The minimum atomic E-state index is -1.22. The van der Waals surface area contributed by atoms with Crippen LogP contribution in [-0.2, 0) is 11.2 Å². The van der Waals surface area contributed by atoms with Crippen LogP contribution in [0.1, 0.15) is 17.0 Å². The second kappa shape index (κ2) is 6.53. The largest absolute Gasteiger partial charge is 0.481 e. The zero-order valence-electron chi connectivity index (χ0n) is 11.2. The molecule has 1 unspecified atom stereocenters. The van der Waals surface area contributed by atoms with E-state index in [2.05, 4.69) is 0 Å². The van der Waals surface area contributed by atoms with Gasteiger partial charge in [-0.25, -0.2) is 4.39 Å². The molecule has 5 nitrogen and oxygen atoms in total. The molecule has 22 heavy (non-hydrogen) atoms. The van der Waals surface area contributed by atoms with Gasteiger partial charge in [0.2, 0.25) is 0 Å². The molecule has 0 saturated heterocycles. The molecule has 1 atom stereocenters. The molecule has 0 heterocycles. The number of rotatable bonds is 5. The zero-order chi connectivity index (χ0) is 16.3. The summed E-state index contributed by atoms with van der Waals surface area (Å²) in [6, 6.07) is 9.41. The summed E-state index contributed by atoms with van der Waals surface area (Å²) >= 11 is 5.91. The highest BCUT2D eigenvalue weighted by Crippen LogP contribution is 2.30. The molecule has 2 aromatic rings. The van der Waals surface area contributed by atoms with Gasteiger partial charge in [-0.05, 0) is 24.1 Å². The van der Waals surface area contributed by atoms with E-state index in [1.807, 2.05) is 0 Å². The number of hydrogen-bond acceptors (Lipinski definition) is 3. The molecule has 0 aliphatic heterocycles. The lowest BCUT2D eigenvalue weighted by Gasteiger charge is -2.15. The standard InChI is InChI=1S/C15H11ClFNO4/c16-12-2-1-3-13(17)14(12)11(15(19)20)8-9-4-6-10(7-5-9)18(21)22/h1-7,11H,8H2,(H,19,20). The fourth-order valence-electron chi connectivity index (χ4n) is 2.15. The molecule has 2 rings (SSSR count). The van der Waals surface area contributed by atoms with E-state index < -0.39 is 22.6 Å². The topological polar surface area (TPSA) is 80.4 Å². The summed E-state index contributed by atoms with van der Waals surface area (Å²) in [5.41, 5.74) is 0.354. The Morgan fingerprint density at radius 2 is 1.91 bits per heavy atom. The highest BCUT2D eigenvalue weighted by Gasteiger charge is 2.26. The first-order valence-electron chi connectivity index (χ1n) is 6.30. The van der Waals surface area contributed by atoms with Crippen molar-refractivity contribution in [2.24, 2.45) is 0 Å². The molecule has 0 amide bonds. The number of non-ortho nitro benzene ring substituents is 1. The number of hydrogen-bond donors (Lipinski definition) is 1. The number of carbonyl (C=O) groups is 1. The van der Waals surface area contributed by atoms with E-state index in [1.54, 1.807) is 0 Å². The Hall–Kier alpha value is -2.47. The predicted octanol–water partition coefficient (Wildman–Crippen LogP) is 3.80. The van der Waals surface area contributed by atoms with Gasteiger partial charge >= 0.3 is 5.97 Å². The van der Waals surface area contributed by atoms with Crippen molar-refractivity contribution in [2.45, 2.75) is 12.3 Å². The van der Waals surface area contributed by atoms with Gasteiger partial charge in [-0.15, -0.1) is 0 Å². The number of carboxylic acid groups (broad SMARTS) is 1. The van der Waals surface area contributed by atoms with Gasteiger partial charge in [0.25, 0.3) is 5.69 Å². The minimum absolute atomic E-state index is 0.0199. The molecule has 2 aromatic carbocycles. The molecule has 0 fully saturated rings. The highest BCUT2D eigenvalue weighted by molar-refractivity contribution is 6.31. The van der Waals surface area contributed by atoms with Crippen LogP contribution in [0, 0.1) is 15.9 Å². The third-order valence-electron chi connectivity index (χ3n) is 3.23. The van der Waals surface area contributed by atoms with Gasteiger partial charge in [-0.3, -0.25) is 14.9 Å². The lowest BCUT2D eigenvalue weighted by molar-refractivity contribution is -0.384. The minimum Gasteiger partial charge on any atom is -0.481 e. The summed E-state index contributed by atoms with van der Waals surface area (Å²) in [5.74, 6) is -3.08. The molecule has 0 radical (unpaired) electrons. The van der Waals surface area contributed by atoms with Gasteiger partial charge in [0.15, 0.2) is 0 Å². The summed E-state index contributed by atoms with van der Waals surface area (Å²) in [5, 5.41) is 20.0. The first-order chi connectivity index (χ1) is 10.4. The summed E-state index contributed by atoms with van der Waals surface area (Å²) in [7, 11) is 0. The van der Waals surface area contributed by atoms with Crippen LogP contribution in [-0.4, -0.2) is 16.0 Å². The first-order valence-corrected chi connectivity index (χ1v) is 6.68. The molecule has 0 spiro atoms. The Balaban J connectivity index is 2.34. The van der Waals surface area contributed by atoms with E-state index in [0.717, 1.165) is 6.07 Å². The Bertz CT molecular complexity index is 698. The molecule has 0 aliphatic carbocycles. The van der Waals surface area contributed by atoms with E-state index in [1.165, 1.54) is 36.4 Å². The average molecular weight is 324 g/mol. The van der Waals surface area contributed by atoms with E-state index >= 15 is 0 Å². The van der Waals surface area contributed by atoms with E-state index in [-0.39, 0.29) is 22.7 Å². The Morgan fingerprint density at radius 1 is 1.27 bits per heavy atom. The van der Waals surface area contributed by atoms with Gasteiger partial charge in [0.1, 0.15) is 5.82 Å². The van der Waals surface area contributed by atoms with Crippen LogP contribution in [0.4, 0.5) is 10.1 Å². The first kappa shape index (κ1) is 15.9. The van der Waals surface area contributed by atoms with Crippen LogP contribution in [0.15, 0.2) is 42.5 Å². The lowest BCUT2D eigenvalue weighted by atomic mass is 9.91. The van der Waals surface area contributed by atoms with Gasteiger partial charge < -0.3 is 5.11 Å².